The van der Waals surface area contributed by atoms with Crippen LogP contribution >= 0.6 is 0 Å². The lowest BCUT2D eigenvalue weighted by Gasteiger charge is -2.23. The van der Waals surface area contributed by atoms with Crippen LogP contribution in [0.25, 0.3) is 0 Å². The Labute approximate surface area is 105 Å². The van der Waals surface area contributed by atoms with Crippen molar-refractivity contribution in [2.75, 3.05) is 26.7 Å². The van der Waals surface area contributed by atoms with Gasteiger partial charge >= 0.3 is 0 Å². The van der Waals surface area contributed by atoms with Crippen LogP contribution in [0.4, 0.5) is 0 Å². The highest BCUT2D eigenvalue weighted by atomic mass is 15.1. The first kappa shape index (κ1) is 14.1. The quantitative estimate of drug-likeness (QED) is 0.698. The summed E-state index contributed by atoms with van der Waals surface area (Å²) in [6, 6.07) is 6.75. The average molecular weight is 235 g/mol. The van der Waals surface area contributed by atoms with Gasteiger partial charge in [-0.2, -0.15) is 0 Å². The summed E-state index contributed by atoms with van der Waals surface area (Å²) in [7, 11) is 2.19. The van der Waals surface area contributed by atoms with Crippen LogP contribution in [0.3, 0.4) is 0 Å². The summed E-state index contributed by atoms with van der Waals surface area (Å²) in [6.07, 6.45) is 4.07. The minimum atomic E-state index is 0.674. The highest BCUT2D eigenvalue weighted by molar-refractivity contribution is 5.03. The van der Waals surface area contributed by atoms with E-state index in [4.69, 9.17) is 0 Å². The van der Waals surface area contributed by atoms with Gasteiger partial charge < -0.3 is 10.2 Å². The molecule has 0 aliphatic carbocycles. The average Bonchev–Trinajstić information content (AvgIpc) is 2.38. The maximum atomic E-state index is 4.30. The highest BCUT2D eigenvalue weighted by Crippen LogP contribution is 1.98. The Balaban J connectivity index is 2.05. The second-order valence-electron chi connectivity index (χ2n) is 4.56. The Bertz CT molecular complexity index is 287. The Morgan fingerprint density at radius 1 is 1.35 bits per heavy atom. The van der Waals surface area contributed by atoms with Crippen LogP contribution < -0.4 is 5.32 Å². The monoisotopic (exact) mass is 235 g/mol. The molecule has 0 amide bonds. The van der Waals surface area contributed by atoms with E-state index in [9.17, 15) is 0 Å². The molecule has 0 radical (unpaired) electrons. The SMILES string of the molecule is CCC(C)N(C)CCNCCc1ccccn1. The molecule has 0 fully saturated rings. The smallest absolute Gasteiger partial charge is 0.0416 e. The zero-order valence-electron chi connectivity index (χ0n) is 11.3. The van der Waals surface area contributed by atoms with Crippen molar-refractivity contribution in [3.8, 4) is 0 Å². The first-order valence-electron chi connectivity index (χ1n) is 6.55. The molecule has 17 heavy (non-hydrogen) atoms. The van der Waals surface area contributed by atoms with Gasteiger partial charge in [0.2, 0.25) is 0 Å². The molecule has 0 saturated heterocycles. The number of hydrogen-bond acceptors (Lipinski definition) is 3. The zero-order valence-corrected chi connectivity index (χ0v) is 11.3. The standard InChI is InChI=1S/C14H25N3/c1-4-13(2)17(3)12-11-15-10-8-14-7-5-6-9-16-14/h5-7,9,13,15H,4,8,10-12H2,1-3H3. The van der Waals surface area contributed by atoms with Crippen molar-refractivity contribution < 1.29 is 0 Å². The fourth-order valence-electron chi connectivity index (χ4n) is 1.67. The molecule has 1 atom stereocenters. The van der Waals surface area contributed by atoms with Crippen LogP contribution in [-0.4, -0.2) is 42.6 Å². The molecule has 0 aliphatic rings. The fraction of sp³-hybridized carbons (Fsp3) is 0.643. The van der Waals surface area contributed by atoms with E-state index in [0.29, 0.717) is 6.04 Å². The van der Waals surface area contributed by atoms with Gasteiger partial charge in [-0.05, 0) is 32.5 Å². The van der Waals surface area contributed by atoms with Crippen LogP contribution in [0.5, 0.6) is 0 Å². The maximum absolute atomic E-state index is 4.30. The van der Waals surface area contributed by atoms with Gasteiger partial charge in [-0.1, -0.05) is 13.0 Å². The molecule has 1 rings (SSSR count). The molecule has 3 heteroatoms. The molecule has 3 nitrogen and oxygen atoms in total. The number of rotatable bonds is 8. The van der Waals surface area contributed by atoms with Crippen LogP contribution in [-0.2, 0) is 6.42 Å². The number of aromatic nitrogens is 1. The van der Waals surface area contributed by atoms with E-state index in [-0.39, 0.29) is 0 Å². The summed E-state index contributed by atoms with van der Waals surface area (Å²) >= 11 is 0. The summed E-state index contributed by atoms with van der Waals surface area (Å²) in [4.78, 5) is 6.70. The van der Waals surface area contributed by atoms with Gasteiger partial charge in [0.15, 0.2) is 0 Å². The Kier molecular flexibility index (Phi) is 6.82. The number of pyridine rings is 1. The second-order valence-corrected chi connectivity index (χ2v) is 4.56. The molecule has 0 aromatic carbocycles. The maximum Gasteiger partial charge on any atom is 0.0416 e. The summed E-state index contributed by atoms with van der Waals surface area (Å²) in [6.45, 7) is 7.67. The normalized spacial score (nSPS) is 12.9. The molecule has 0 bridgehead atoms. The van der Waals surface area contributed by atoms with E-state index < -0.39 is 0 Å². The number of likely N-dealkylation sites (N-methyl/N-ethyl adjacent to an activating group) is 1. The van der Waals surface area contributed by atoms with Gasteiger partial charge in [0.25, 0.3) is 0 Å². The number of nitrogens with zero attached hydrogens (tertiary/aromatic N) is 2. The van der Waals surface area contributed by atoms with Crippen molar-refractivity contribution >= 4 is 0 Å². The molecular formula is C14H25N3. The van der Waals surface area contributed by atoms with Gasteiger partial charge in [-0.25, -0.2) is 0 Å². The van der Waals surface area contributed by atoms with Crippen molar-refractivity contribution in [1.29, 1.82) is 0 Å². The third-order valence-electron chi connectivity index (χ3n) is 3.27. The van der Waals surface area contributed by atoms with Crippen molar-refractivity contribution in [2.45, 2.75) is 32.7 Å². The predicted molar refractivity (Wildman–Crippen MR) is 73.2 cm³/mol. The molecule has 1 aromatic rings. The molecule has 0 aliphatic heterocycles. The van der Waals surface area contributed by atoms with Gasteiger partial charge in [0, 0.05) is 44.0 Å². The lowest BCUT2D eigenvalue weighted by atomic mass is 10.2. The Morgan fingerprint density at radius 3 is 2.82 bits per heavy atom. The predicted octanol–water partition coefficient (Wildman–Crippen LogP) is 1.94. The largest absolute Gasteiger partial charge is 0.315 e. The van der Waals surface area contributed by atoms with Crippen LogP contribution in [0.2, 0.25) is 0 Å². The topological polar surface area (TPSA) is 28.2 Å². The van der Waals surface area contributed by atoms with E-state index in [1.54, 1.807) is 0 Å². The summed E-state index contributed by atoms with van der Waals surface area (Å²) in [5.74, 6) is 0. The lowest BCUT2D eigenvalue weighted by Crippen LogP contribution is -2.35. The summed E-state index contributed by atoms with van der Waals surface area (Å²) in [5.41, 5.74) is 1.16. The van der Waals surface area contributed by atoms with Gasteiger partial charge in [-0.15, -0.1) is 0 Å². The van der Waals surface area contributed by atoms with Gasteiger partial charge in [0.05, 0.1) is 0 Å². The van der Waals surface area contributed by atoms with Crippen LogP contribution in [0.1, 0.15) is 26.0 Å². The third kappa shape index (κ3) is 5.80. The van der Waals surface area contributed by atoms with E-state index >= 15 is 0 Å². The Morgan fingerprint density at radius 2 is 2.18 bits per heavy atom. The van der Waals surface area contributed by atoms with Crippen molar-refractivity contribution in [3.05, 3.63) is 30.1 Å². The summed E-state index contributed by atoms with van der Waals surface area (Å²) < 4.78 is 0. The molecule has 0 spiro atoms. The van der Waals surface area contributed by atoms with Crippen molar-refractivity contribution in [3.63, 3.8) is 0 Å². The third-order valence-corrected chi connectivity index (χ3v) is 3.27. The number of hydrogen-bond donors (Lipinski definition) is 1. The second kappa shape index (κ2) is 8.20. The zero-order chi connectivity index (χ0) is 12.5. The van der Waals surface area contributed by atoms with Crippen LogP contribution in [0, 0.1) is 0 Å². The molecule has 1 unspecified atom stereocenters. The highest BCUT2D eigenvalue weighted by Gasteiger charge is 2.04. The minimum Gasteiger partial charge on any atom is -0.315 e. The molecule has 0 saturated carbocycles. The lowest BCUT2D eigenvalue weighted by molar-refractivity contribution is 0.252. The van der Waals surface area contributed by atoms with E-state index in [2.05, 4.69) is 42.2 Å². The molecule has 1 aromatic heterocycles. The first-order chi connectivity index (χ1) is 8.24. The van der Waals surface area contributed by atoms with E-state index in [1.165, 1.54) is 6.42 Å². The van der Waals surface area contributed by atoms with E-state index in [0.717, 1.165) is 31.7 Å². The molecule has 1 heterocycles. The molecule has 96 valence electrons. The Hall–Kier alpha value is -0.930. The number of nitrogens with one attached hydrogen (secondary N) is 1. The van der Waals surface area contributed by atoms with Crippen molar-refractivity contribution in [2.24, 2.45) is 0 Å². The fourth-order valence-corrected chi connectivity index (χ4v) is 1.67. The van der Waals surface area contributed by atoms with Gasteiger partial charge in [-0.3, -0.25) is 4.98 Å². The molecule has 1 N–H and O–H groups in total. The van der Waals surface area contributed by atoms with E-state index in [1.807, 2.05) is 18.3 Å². The summed E-state index contributed by atoms with van der Waals surface area (Å²) in [5, 5.41) is 3.46. The van der Waals surface area contributed by atoms with Crippen LogP contribution in [0.15, 0.2) is 24.4 Å². The van der Waals surface area contributed by atoms with Crippen molar-refractivity contribution in [1.82, 2.24) is 15.2 Å². The minimum absolute atomic E-state index is 0.674. The van der Waals surface area contributed by atoms with Gasteiger partial charge in [0.1, 0.15) is 0 Å². The molecular weight excluding hydrogens is 210 g/mol. The first-order valence-corrected chi connectivity index (χ1v) is 6.55.